The summed E-state index contributed by atoms with van der Waals surface area (Å²) in [5.41, 5.74) is 3.29. The second kappa shape index (κ2) is 17.2. The molecule has 0 bridgehead atoms. The van der Waals surface area contributed by atoms with E-state index in [1.165, 1.54) is 68.3 Å². The van der Waals surface area contributed by atoms with Gasteiger partial charge in [0, 0.05) is 24.9 Å². The number of allylic oxidation sites excluding steroid dienone is 1. The van der Waals surface area contributed by atoms with Crippen molar-refractivity contribution in [1.29, 1.82) is 0 Å². The highest BCUT2D eigenvalue weighted by Gasteiger charge is 2.16. The SMILES string of the molecule is CCCCCCCCCCCCOc1cccc(CN(C(=O)CC)c2ccc(CN3C=C(C)SC3)cc2)c1. The van der Waals surface area contributed by atoms with E-state index in [-0.39, 0.29) is 5.91 Å². The minimum absolute atomic E-state index is 0.129. The molecule has 3 rings (SSSR count). The zero-order chi connectivity index (χ0) is 27.0. The first kappa shape index (κ1) is 30.1. The highest BCUT2D eigenvalue weighted by molar-refractivity contribution is 8.03. The van der Waals surface area contributed by atoms with Crippen LogP contribution in [0.1, 0.15) is 103 Å². The average Bonchev–Trinajstić information content (AvgIpc) is 3.35. The van der Waals surface area contributed by atoms with E-state index < -0.39 is 0 Å². The van der Waals surface area contributed by atoms with Crippen molar-refractivity contribution in [1.82, 2.24) is 4.90 Å². The molecule has 38 heavy (non-hydrogen) atoms. The highest BCUT2D eigenvalue weighted by Crippen LogP contribution is 2.27. The van der Waals surface area contributed by atoms with Gasteiger partial charge in [0.15, 0.2) is 0 Å². The number of anilines is 1. The summed E-state index contributed by atoms with van der Waals surface area (Å²) in [4.78, 5) is 18.4. The molecule has 1 aliphatic heterocycles. The maximum Gasteiger partial charge on any atom is 0.227 e. The number of hydrogen-bond acceptors (Lipinski definition) is 4. The van der Waals surface area contributed by atoms with Crippen molar-refractivity contribution in [3.05, 3.63) is 70.8 Å². The molecule has 0 aliphatic carbocycles. The first-order valence-electron chi connectivity index (χ1n) is 14.8. The molecule has 1 aliphatic rings. The minimum atomic E-state index is 0.129. The third kappa shape index (κ3) is 10.8. The first-order chi connectivity index (χ1) is 18.6. The molecule has 0 N–H and O–H groups in total. The van der Waals surface area contributed by atoms with E-state index in [1.54, 1.807) is 0 Å². The van der Waals surface area contributed by atoms with Gasteiger partial charge in [-0.1, -0.05) is 95.9 Å². The molecule has 1 heterocycles. The summed E-state index contributed by atoms with van der Waals surface area (Å²) < 4.78 is 6.06. The van der Waals surface area contributed by atoms with Gasteiger partial charge < -0.3 is 14.5 Å². The van der Waals surface area contributed by atoms with Gasteiger partial charge in [-0.25, -0.2) is 0 Å². The summed E-state index contributed by atoms with van der Waals surface area (Å²) in [7, 11) is 0. The summed E-state index contributed by atoms with van der Waals surface area (Å²) in [6.45, 7) is 8.55. The number of amides is 1. The molecule has 0 spiro atoms. The lowest BCUT2D eigenvalue weighted by Gasteiger charge is -2.23. The molecule has 0 saturated carbocycles. The Bertz CT molecular complexity index is 989. The molecule has 2 aromatic rings. The lowest BCUT2D eigenvalue weighted by atomic mass is 10.1. The van der Waals surface area contributed by atoms with Crippen molar-refractivity contribution >= 4 is 23.4 Å². The van der Waals surface area contributed by atoms with Crippen LogP contribution >= 0.6 is 11.8 Å². The molecular weight excluding hydrogens is 488 g/mol. The summed E-state index contributed by atoms with van der Waals surface area (Å²) in [5.74, 6) is 2.03. The van der Waals surface area contributed by atoms with Crippen molar-refractivity contribution in [2.45, 2.75) is 104 Å². The quantitative estimate of drug-likeness (QED) is 0.178. The lowest BCUT2D eigenvalue weighted by Crippen LogP contribution is -2.29. The van der Waals surface area contributed by atoms with Crippen molar-refractivity contribution in [3.63, 3.8) is 0 Å². The van der Waals surface area contributed by atoms with Gasteiger partial charge in [0.25, 0.3) is 0 Å². The number of nitrogens with zero attached hydrogens (tertiary/aromatic N) is 2. The minimum Gasteiger partial charge on any atom is -0.494 e. The zero-order valence-electron chi connectivity index (χ0n) is 23.9. The Balaban J connectivity index is 1.44. The number of hydrogen-bond donors (Lipinski definition) is 0. The predicted octanol–water partition coefficient (Wildman–Crippen LogP) is 9.30. The third-order valence-corrected chi connectivity index (χ3v) is 8.09. The lowest BCUT2D eigenvalue weighted by molar-refractivity contribution is -0.118. The van der Waals surface area contributed by atoms with Crippen LogP contribution < -0.4 is 9.64 Å². The first-order valence-corrected chi connectivity index (χ1v) is 15.7. The molecule has 2 aromatic carbocycles. The average molecular weight is 537 g/mol. The molecule has 0 fully saturated rings. The van der Waals surface area contributed by atoms with Crippen molar-refractivity contribution < 1.29 is 9.53 Å². The van der Waals surface area contributed by atoms with Gasteiger partial charge >= 0.3 is 0 Å². The van der Waals surface area contributed by atoms with Crippen LogP contribution in [0.25, 0.3) is 0 Å². The summed E-state index contributed by atoms with van der Waals surface area (Å²) in [6, 6.07) is 16.7. The largest absolute Gasteiger partial charge is 0.494 e. The fraction of sp³-hybridized carbons (Fsp3) is 0.545. The van der Waals surface area contributed by atoms with E-state index in [4.69, 9.17) is 4.74 Å². The summed E-state index contributed by atoms with van der Waals surface area (Å²) in [5, 5.41) is 0. The molecule has 208 valence electrons. The normalized spacial score (nSPS) is 13.0. The van der Waals surface area contributed by atoms with Crippen LogP contribution in [0.3, 0.4) is 0 Å². The Morgan fingerprint density at radius 3 is 2.21 bits per heavy atom. The number of benzene rings is 2. The van der Waals surface area contributed by atoms with Crippen molar-refractivity contribution in [2.75, 3.05) is 17.4 Å². The number of carbonyl (C=O) groups is 1. The van der Waals surface area contributed by atoms with Crippen LogP contribution in [0.4, 0.5) is 5.69 Å². The number of rotatable bonds is 18. The number of thioether (sulfide) groups is 1. The molecule has 0 radical (unpaired) electrons. The molecule has 0 saturated heterocycles. The van der Waals surface area contributed by atoms with Crippen molar-refractivity contribution in [2.24, 2.45) is 0 Å². The fourth-order valence-corrected chi connectivity index (χ4v) is 5.59. The van der Waals surface area contributed by atoms with E-state index in [1.807, 2.05) is 35.7 Å². The second-order valence-electron chi connectivity index (χ2n) is 10.4. The van der Waals surface area contributed by atoms with Gasteiger partial charge in [-0.05, 0) is 53.6 Å². The molecule has 0 aromatic heterocycles. The van der Waals surface area contributed by atoms with E-state index in [0.717, 1.165) is 42.4 Å². The van der Waals surface area contributed by atoms with Gasteiger partial charge in [0.05, 0.1) is 19.0 Å². The van der Waals surface area contributed by atoms with E-state index in [9.17, 15) is 4.79 Å². The van der Waals surface area contributed by atoms with Crippen LogP contribution in [0, 0.1) is 0 Å². The topological polar surface area (TPSA) is 32.8 Å². The second-order valence-corrected chi connectivity index (χ2v) is 11.6. The molecular formula is C33H48N2O2S. The number of ether oxygens (including phenoxy) is 1. The standard InChI is InChI=1S/C33H48N2O2S/c1-4-6-7-8-9-10-11-12-13-14-22-37-32-17-15-16-30(23-32)26-35(33(36)5-2)31-20-18-29(19-21-31)25-34-24-28(3)38-27-34/h15-21,23-24H,4-14,22,25-27H2,1-3H3. The Labute approximate surface area is 235 Å². The van der Waals surface area contributed by atoms with Crippen LogP contribution in [0.2, 0.25) is 0 Å². The smallest absolute Gasteiger partial charge is 0.227 e. The number of carbonyl (C=O) groups excluding carboxylic acids is 1. The maximum absolute atomic E-state index is 12.9. The number of unbranched alkanes of at least 4 members (excludes halogenated alkanes) is 9. The maximum atomic E-state index is 12.9. The third-order valence-electron chi connectivity index (χ3n) is 7.07. The van der Waals surface area contributed by atoms with Crippen LogP contribution in [-0.4, -0.2) is 23.3 Å². The van der Waals surface area contributed by atoms with Gasteiger partial charge in [-0.3, -0.25) is 4.79 Å². The van der Waals surface area contributed by atoms with Gasteiger partial charge in [-0.2, -0.15) is 0 Å². The fourth-order valence-electron chi connectivity index (χ4n) is 4.83. The Morgan fingerprint density at radius 1 is 0.895 bits per heavy atom. The van der Waals surface area contributed by atoms with Gasteiger partial charge in [0.1, 0.15) is 5.75 Å². The van der Waals surface area contributed by atoms with E-state index in [0.29, 0.717) is 13.0 Å². The molecule has 1 amide bonds. The van der Waals surface area contributed by atoms with Gasteiger partial charge in [0.2, 0.25) is 5.91 Å². The molecule has 0 atom stereocenters. The van der Waals surface area contributed by atoms with Crippen molar-refractivity contribution in [3.8, 4) is 5.75 Å². The monoisotopic (exact) mass is 536 g/mol. The molecule has 0 unspecified atom stereocenters. The predicted molar refractivity (Wildman–Crippen MR) is 163 cm³/mol. The zero-order valence-corrected chi connectivity index (χ0v) is 24.7. The Hall–Kier alpha value is -2.40. The Morgan fingerprint density at radius 2 is 1.58 bits per heavy atom. The molecule has 5 heteroatoms. The van der Waals surface area contributed by atoms with Crippen LogP contribution in [-0.2, 0) is 17.9 Å². The molecule has 4 nitrogen and oxygen atoms in total. The van der Waals surface area contributed by atoms with E-state index >= 15 is 0 Å². The summed E-state index contributed by atoms with van der Waals surface area (Å²) in [6.07, 6.45) is 15.9. The highest BCUT2D eigenvalue weighted by atomic mass is 32.2. The van der Waals surface area contributed by atoms with Gasteiger partial charge in [-0.15, -0.1) is 11.8 Å². The van der Waals surface area contributed by atoms with Crippen LogP contribution in [0.5, 0.6) is 5.75 Å². The van der Waals surface area contributed by atoms with E-state index in [2.05, 4.69) is 61.3 Å². The Kier molecular flexibility index (Phi) is 13.7. The van der Waals surface area contributed by atoms with Crippen LogP contribution in [0.15, 0.2) is 59.6 Å². The summed E-state index contributed by atoms with van der Waals surface area (Å²) >= 11 is 1.88.